The maximum atomic E-state index is 13.8. The first kappa shape index (κ1) is 18.0. The van der Waals surface area contributed by atoms with Crippen LogP contribution in [0.15, 0.2) is 66.2 Å². The highest BCUT2D eigenvalue weighted by Gasteiger charge is 2.53. The van der Waals surface area contributed by atoms with Crippen LogP contribution in [0.1, 0.15) is 18.4 Å². The lowest BCUT2D eigenvalue weighted by Gasteiger charge is -2.47. The number of Topliss-reactive ketones (excluding diaryl/α,β-unsaturated/α-hetero) is 1. The van der Waals surface area contributed by atoms with Gasteiger partial charge in [-0.05, 0) is 48.2 Å². The summed E-state index contributed by atoms with van der Waals surface area (Å²) in [6, 6.07) is 18.8. The molecule has 2 aromatic carbocycles. The van der Waals surface area contributed by atoms with Crippen LogP contribution in [0.4, 0.5) is 5.69 Å². The fourth-order valence-electron chi connectivity index (χ4n) is 4.36. The maximum absolute atomic E-state index is 13.8. The molecule has 4 rings (SSSR count). The molecule has 2 unspecified atom stereocenters. The van der Waals surface area contributed by atoms with Crippen molar-refractivity contribution < 1.29 is 14.3 Å². The summed E-state index contributed by atoms with van der Waals surface area (Å²) < 4.78 is 5.21. The number of benzene rings is 2. The number of ketones is 1. The predicted molar refractivity (Wildman–Crippen MR) is 105 cm³/mol. The molecule has 0 bridgehead atoms. The third kappa shape index (κ3) is 2.69. The van der Waals surface area contributed by atoms with Gasteiger partial charge >= 0.3 is 0 Å². The quantitative estimate of drug-likeness (QED) is 0.828. The zero-order valence-electron chi connectivity index (χ0n) is 15.6. The van der Waals surface area contributed by atoms with Crippen LogP contribution in [0, 0.1) is 17.2 Å². The zero-order chi connectivity index (χ0) is 19.7. The van der Waals surface area contributed by atoms with Crippen LogP contribution in [0.5, 0.6) is 5.75 Å². The number of allylic oxidation sites excluding steroid dienone is 1. The number of ether oxygens (including phenoxy) is 1. The fraction of sp³-hybridized carbons (Fsp3) is 0.261. The lowest BCUT2D eigenvalue weighted by molar-refractivity contribution is -0.128. The van der Waals surface area contributed by atoms with Gasteiger partial charge in [0.2, 0.25) is 5.91 Å². The fourth-order valence-corrected chi connectivity index (χ4v) is 4.36. The molecule has 0 radical (unpaired) electrons. The Kier molecular flexibility index (Phi) is 4.48. The van der Waals surface area contributed by atoms with Crippen molar-refractivity contribution in [3.8, 4) is 11.8 Å². The highest BCUT2D eigenvalue weighted by molar-refractivity contribution is 6.09. The summed E-state index contributed by atoms with van der Waals surface area (Å²) in [7, 11) is 1.60. The molecule has 1 saturated heterocycles. The Balaban J connectivity index is 1.86. The Labute approximate surface area is 163 Å². The van der Waals surface area contributed by atoms with Crippen molar-refractivity contribution >= 4 is 17.4 Å². The summed E-state index contributed by atoms with van der Waals surface area (Å²) in [5, 5.41) is 9.46. The van der Waals surface area contributed by atoms with Crippen LogP contribution < -0.4 is 9.64 Å². The second-order valence-corrected chi connectivity index (χ2v) is 7.17. The molecule has 1 fully saturated rings. The molecule has 140 valence electrons. The minimum Gasteiger partial charge on any atom is -0.497 e. The standard InChI is InChI=1S/C23H20N2O3/c1-28-20-9-7-19(8-10-20)25-12-11-18-13-21(26)16(15-24)14-23(18,22(25)27)17-5-3-2-4-6-17/h2-10,14,18H,11-13H2,1H3. The molecule has 2 aliphatic rings. The highest BCUT2D eigenvalue weighted by Crippen LogP contribution is 2.47. The van der Waals surface area contributed by atoms with Crippen LogP contribution in [-0.2, 0) is 15.0 Å². The predicted octanol–water partition coefficient (Wildman–Crippen LogP) is 3.41. The number of nitriles is 1. The Morgan fingerprint density at radius 1 is 1.11 bits per heavy atom. The Morgan fingerprint density at radius 3 is 2.46 bits per heavy atom. The molecular weight excluding hydrogens is 352 g/mol. The van der Waals surface area contributed by atoms with E-state index in [-0.39, 0.29) is 29.6 Å². The number of anilines is 1. The third-order valence-corrected chi connectivity index (χ3v) is 5.80. The molecule has 0 spiro atoms. The number of methoxy groups -OCH3 is 1. The largest absolute Gasteiger partial charge is 0.497 e. The van der Waals surface area contributed by atoms with E-state index in [1.54, 1.807) is 18.1 Å². The molecule has 1 aliphatic heterocycles. The average Bonchev–Trinajstić information content (AvgIpc) is 2.75. The number of hydrogen-bond acceptors (Lipinski definition) is 4. The molecule has 2 aromatic rings. The van der Waals surface area contributed by atoms with Crippen molar-refractivity contribution in [2.24, 2.45) is 5.92 Å². The number of carbonyl (C=O) groups is 2. The summed E-state index contributed by atoms with van der Waals surface area (Å²) >= 11 is 0. The van der Waals surface area contributed by atoms with Crippen molar-refractivity contribution in [1.29, 1.82) is 5.26 Å². The van der Waals surface area contributed by atoms with Gasteiger partial charge in [0.1, 0.15) is 11.8 Å². The number of piperidine rings is 1. The summed E-state index contributed by atoms with van der Waals surface area (Å²) in [6.07, 6.45) is 2.51. The van der Waals surface area contributed by atoms with Crippen molar-refractivity contribution in [3.63, 3.8) is 0 Å². The van der Waals surface area contributed by atoms with E-state index in [0.29, 0.717) is 13.0 Å². The zero-order valence-corrected chi connectivity index (χ0v) is 15.6. The van der Waals surface area contributed by atoms with Crippen LogP contribution >= 0.6 is 0 Å². The SMILES string of the molecule is COc1ccc(N2CCC3CC(=O)C(C#N)=CC3(c3ccccc3)C2=O)cc1. The summed E-state index contributed by atoms with van der Waals surface area (Å²) in [5.74, 6) is 0.297. The number of nitrogens with zero attached hydrogens (tertiary/aromatic N) is 2. The lowest BCUT2D eigenvalue weighted by Crippen LogP contribution is -2.57. The molecule has 1 amide bonds. The second-order valence-electron chi connectivity index (χ2n) is 7.17. The number of carbonyl (C=O) groups excluding carboxylic acids is 2. The molecule has 5 nitrogen and oxygen atoms in total. The lowest BCUT2D eigenvalue weighted by atomic mass is 9.60. The molecule has 1 aliphatic carbocycles. The van der Waals surface area contributed by atoms with Crippen LogP contribution in [0.2, 0.25) is 0 Å². The van der Waals surface area contributed by atoms with Crippen molar-refractivity contribution in [2.45, 2.75) is 18.3 Å². The molecule has 2 atom stereocenters. The van der Waals surface area contributed by atoms with Crippen LogP contribution in [0.3, 0.4) is 0 Å². The first-order valence-corrected chi connectivity index (χ1v) is 9.28. The van der Waals surface area contributed by atoms with Gasteiger partial charge in [0.05, 0.1) is 18.1 Å². The number of amides is 1. The van der Waals surface area contributed by atoms with E-state index in [9.17, 15) is 14.9 Å². The Bertz CT molecular complexity index is 989. The van der Waals surface area contributed by atoms with Gasteiger partial charge in [-0.2, -0.15) is 5.26 Å². The molecular formula is C23H20N2O3. The summed E-state index contributed by atoms with van der Waals surface area (Å²) in [4.78, 5) is 27.9. The molecule has 0 N–H and O–H groups in total. The maximum Gasteiger partial charge on any atom is 0.241 e. The van der Waals surface area contributed by atoms with Crippen molar-refractivity contribution in [2.75, 3.05) is 18.6 Å². The third-order valence-electron chi connectivity index (χ3n) is 5.80. The Morgan fingerprint density at radius 2 is 1.82 bits per heavy atom. The van der Waals surface area contributed by atoms with Crippen molar-refractivity contribution in [1.82, 2.24) is 0 Å². The number of hydrogen-bond donors (Lipinski definition) is 0. The smallest absolute Gasteiger partial charge is 0.241 e. The van der Waals surface area contributed by atoms with E-state index in [0.717, 1.165) is 17.0 Å². The van der Waals surface area contributed by atoms with Crippen molar-refractivity contribution in [3.05, 3.63) is 71.8 Å². The van der Waals surface area contributed by atoms with E-state index in [4.69, 9.17) is 4.74 Å². The van der Waals surface area contributed by atoms with Crippen LogP contribution in [-0.4, -0.2) is 25.3 Å². The second kappa shape index (κ2) is 6.97. The molecule has 0 aromatic heterocycles. The van der Waals surface area contributed by atoms with Gasteiger partial charge < -0.3 is 9.64 Å². The minimum atomic E-state index is -1.00. The number of rotatable bonds is 3. The van der Waals surface area contributed by atoms with E-state index in [1.807, 2.05) is 60.7 Å². The van der Waals surface area contributed by atoms with Gasteiger partial charge in [0.15, 0.2) is 5.78 Å². The van der Waals surface area contributed by atoms with Crippen LogP contribution in [0.25, 0.3) is 0 Å². The monoisotopic (exact) mass is 372 g/mol. The van der Waals surface area contributed by atoms with Gasteiger partial charge in [0, 0.05) is 18.7 Å². The number of fused-ring (bicyclic) bond motifs is 1. The first-order chi connectivity index (χ1) is 13.6. The molecule has 1 heterocycles. The minimum absolute atomic E-state index is 0.0741. The van der Waals surface area contributed by atoms with Gasteiger partial charge in [-0.1, -0.05) is 30.3 Å². The van der Waals surface area contributed by atoms with E-state index >= 15 is 0 Å². The topological polar surface area (TPSA) is 70.4 Å². The average molecular weight is 372 g/mol. The Hall–Kier alpha value is -3.39. The summed E-state index contributed by atoms with van der Waals surface area (Å²) in [6.45, 7) is 0.535. The van der Waals surface area contributed by atoms with E-state index in [2.05, 4.69) is 0 Å². The highest BCUT2D eigenvalue weighted by atomic mass is 16.5. The van der Waals surface area contributed by atoms with E-state index < -0.39 is 5.41 Å². The molecule has 5 heteroatoms. The molecule has 0 saturated carbocycles. The normalized spacial score (nSPS) is 24.2. The summed E-state index contributed by atoms with van der Waals surface area (Å²) in [5.41, 5.74) is 0.676. The first-order valence-electron chi connectivity index (χ1n) is 9.28. The van der Waals surface area contributed by atoms with E-state index in [1.165, 1.54) is 0 Å². The van der Waals surface area contributed by atoms with Gasteiger partial charge in [-0.3, -0.25) is 9.59 Å². The van der Waals surface area contributed by atoms with Gasteiger partial charge in [-0.25, -0.2) is 0 Å². The van der Waals surface area contributed by atoms with Gasteiger partial charge in [0.25, 0.3) is 0 Å². The molecule has 28 heavy (non-hydrogen) atoms. The van der Waals surface area contributed by atoms with Gasteiger partial charge in [-0.15, -0.1) is 0 Å².